The van der Waals surface area contributed by atoms with Crippen molar-refractivity contribution in [3.63, 3.8) is 0 Å². The molecule has 2 aliphatic carbocycles. The first-order valence-corrected chi connectivity index (χ1v) is 7.42. The Morgan fingerprint density at radius 1 is 1.37 bits per heavy atom. The van der Waals surface area contributed by atoms with Gasteiger partial charge in [-0.25, -0.2) is 0 Å². The summed E-state index contributed by atoms with van der Waals surface area (Å²) >= 11 is 0. The van der Waals surface area contributed by atoms with Gasteiger partial charge in [0.05, 0.1) is 25.9 Å². The zero-order chi connectivity index (χ0) is 13.7. The zero-order valence-electron chi connectivity index (χ0n) is 11.8. The Labute approximate surface area is 115 Å². The molecule has 0 bridgehead atoms. The molecule has 1 fully saturated rings. The Kier molecular flexibility index (Phi) is 5.39. The second-order valence-corrected chi connectivity index (χ2v) is 6.19. The van der Waals surface area contributed by atoms with Gasteiger partial charge in [-0.1, -0.05) is 19.1 Å². The molecule has 3 unspecified atom stereocenters. The van der Waals surface area contributed by atoms with Gasteiger partial charge < -0.3 is 20.3 Å². The lowest BCUT2D eigenvalue weighted by Gasteiger charge is -2.25. The molecule has 19 heavy (non-hydrogen) atoms. The molecular weight excluding hydrogens is 242 g/mol. The van der Waals surface area contributed by atoms with Gasteiger partial charge in [-0.15, -0.1) is 0 Å². The smallest absolute Gasteiger partial charge is 0.0897 e. The molecule has 1 saturated carbocycles. The summed E-state index contributed by atoms with van der Waals surface area (Å²) in [5.41, 5.74) is -0.107. The molecule has 2 rings (SSSR count). The normalized spacial score (nSPS) is 30.3. The summed E-state index contributed by atoms with van der Waals surface area (Å²) in [7, 11) is 0. The van der Waals surface area contributed by atoms with E-state index in [0.717, 1.165) is 32.3 Å². The van der Waals surface area contributed by atoms with Crippen molar-refractivity contribution in [2.75, 3.05) is 26.4 Å². The Morgan fingerprint density at radius 2 is 2.11 bits per heavy atom. The van der Waals surface area contributed by atoms with Gasteiger partial charge in [0, 0.05) is 12.1 Å². The predicted octanol–water partition coefficient (Wildman–Crippen LogP) is 1.08. The third-order valence-electron chi connectivity index (χ3n) is 4.43. The fraction of sp³-hybridized carbons (Fsp3) is 0.867. The van der Waals surface area contributed by atoms with Crippen molar-refractivity contribution in [2.24, 2.45) is 11.8 Å². The van der Waals surface area contributed by atoms with Gasteiger partial charge in [-0.2, -0.15) is 0 Å². The highest BCUT2D eigenvalue weighted by Crippen LogP contribution is 2.34. The van der Waals surface area contributed by atoms with Gasteiger partial charge in [0.2, 0.25) is 0 Å². The molecule has 4 nitrogen and oxygen atoms in total. The van der Waals surface area contributed by atoms with Gasteiger partial charge in [0.1, 0.15) is 0 Å². The van der Waals surface area contributed by atoms with E-state index in [1.165, 1.54) is 0 Å². The Balaban J connectivity index is 1.56. The maximum absolute atomic E-state index is 9.85. The van der Waals surface area contributed by atoms with Crippen LogP contribution in [0.25, 0.3) is 0 Å². The molecule has 0 radical (unpaired) electrons. The maximum Gasteiger partial charge on any atom is 0.0897 e. The number of hydrogen-bond donors (Lipinski definition) is 3. The first-order chi connectivity index (χ1) is 9.15. The Hall–Kier alpha value is -0.420. The largest absolute Gasteiger partial charge is 0.394 e. The lowest BCUT2D eigenvalue weighted by Crippen LogP contribution is -2.41. The van der Waals surface area contributed by atoms with Crippen LogP contribution in [0.2, 0.25) is 0 Å². The molecule has 110 valence electrons. The van der Waals surface area contributed by atoms with Gasteiger partial charge in [-0.3, -0.25) is 0 Å². The van der Waals surface area contributed by atoms with E-state index in [2.05, 4.69) is 24.4 Å². The van der Waals surface area contributed by atoms with Gasteiger partial charge in [0.25, 0.3) is 0 Å². The topological polar surface area (TPSA) is 61.7 Å². The molecule has 0 heterocycles. The van der Waals surface area contributed by atoms with Gasteiger partial charge in [0.15, 0.2) is 0 Å². The SMILES string of the molecule is CC1CC=CCC1COCC(O)CNC1(CO)CC1. The lowest BCUT2D eigenvalue weighted by atomic mass is 9.85. The van der Waals surface area contributed by atoms with E-state index in [-0.39, 0.29) is 12.1 Å². The fourth-order valence-electron chi connectivity index (χ4n) is 2.53. The molecular formula is C15H27NO3. The summed E-state index contributed by atoms with van der Waals surface area (Å²) in [5, 5.41) is 22.2. The first kappa shape index (κ1) is 15.0. The van der Waals surface area contributed by atoms with E-state index in [9.17, 15) is 5.11 Å². The van der Waals surface area contributed by atoms with Crippen molar-refractivity contribution in [2.45, 2.75) is 44.2 Å². The summed E-state index contributed by atoms with van der Waals surface area (Å²) in [6.07, 6.45) is 8.21. The van der Waals surface area contributed by atoms with E-state index in [4.69, 9.17) is 9.84 Å². The Bertz CT molecular complexity index is 302. The van der Waals surface area contributed by atoms with Crippen molar-refractivity contribution in [1.29, 1.82) is 0 Å². The number of β-amino-alcohol motifs (C(OH)–C–C–N with tert-alkyl or cyclic N) is 1. The molecule has 0 aliphatic heterocycles. The number of aliphatic hydroxyl groups is 2. The number of hydrogen-bond acceptors (Lipinski definition) is 4. The fourth-order valence-corrected chi connectivity index (χ4v) is 2.53. The van der Waals surface area contributed by atoms with Crippen LogP contribution in [0.4, 0.5) is 0 Å². The van der Waals surface area contributed by atoms with Crippen molar-refractivity contribution in [3.8, 4) is 0 Å². The third-order valence-corrected chi connectivity index (χ3v) is 4.43. The number of ether oxygens (including phenoxy) is 1. The number of allylic oxidation sites excluding steroid dienone is 2. The quantitative estimate of drug-likeness (QED) is 0.577. The molecule has 3 atom stereocenters. The molecule has 0 saturated heterocycles. The van der Waals surface area contributed by atoms with Crippen LogP contribution in [-0.4, -0.2) is 48.2 Å². The Morgan fingerprint density at radius 3 is 2.74 bits per heavy atom. The van der Waals surface area contributed by atoms with Crippen molar-refractivity contribution in [3.05, 3.63) is 12.2 Å². The van der Waals surface area contributed by atoms with Crippen molar-refractivity contribution < 1.29 is 14.9 Å². The summed E-state index contributed by atoms with van der Waals surface area (Å²) in [6.45, 7) is 4.02. The predicted molar refractivity (Wildman–Crippen MR) is 74.9 cm³/mol. The second-order valence-electron chi connectivity index (χ2n) is 6.19. The van der Waals surface area contributed by atoms with E-state index in [1.807, 2.05) is 0 Å². The summed E-state index contributed by atoms with van der Waals surface area (Å²) in [4.78, 5) is 0. The summed E-state index contributed by atoms with van der Waals surface area (Å²) in [5.74, 6) is 1.25. The summed E-state index contributed by atoms with van der Waals surface area (Å²) < 4.78 is 5.64. The minimum Gasteiger partial charge on any atom is -0.394 e. The second kappa shape index (κ2) is 6.84. The molecule has 0 spiro atoms. The standard InChI is InChI=1S/C15H27NO3/c1-12-4-2-3-5-13(12)9-19-10-14(18)8-16-15(11-17)6-7-15/h2-3,12-14,16-18H,4-11H2,1H3. The van der Waals surface area contributed by atoms with E-state index < -0.39 is 6.10 Å². The van der Waals surface area contributed by atoms with E-state index >= 15 is 0 Å². The third kappa shape index (κ3) is 4.56. The maximum atomic E-state index is 9.85. The number of aliphatic hydroxyl groups excluding tert-OH is 2. The van der Waals surface area contributed by atoms with Crippen molar-refractivity contribution >= 4 is 0 Å². The van der Waals surface area contributed by atoms with Gasteiger partial charge in [-0.05, 0) is 37.5 Å². The summed E-state index contributed by atoms with van der Waals surface area (Å²) in [6, 6.07) is 0. The van der Waals surface area contributed by atoms with Gasteiger partial charge >= 0.3 is 0 Å². The van der Waals surface area contributed by atoms with Crippen LogP contribution in [0.5, 0.6) is 0 Å². The van der Waals surface area contributed by atoms with Crippen molar-refractivity contribution in [1.82, 2.24) is 5.32 Å². The number of rotatable bonds is 8. The molecule has 4 heteroatoms. The first-order valence-electron chi connectivity index (χ1n) is 7.42. The van der Waals surface area contributed by atoms with Crippen LogP contribution < -0.4 is 5.32 Å². The molecule has 2 aliphatic rings. The van der Waals surface area contributed by atoms with Crippen LogP contribution in [0.15, 0.2) is 12.2 Å². The molecule has 3 N–H and O–H groups in total. The van der Waals surface area contributed by atoms with E-state index in [1.54, 1.807) is 0 Å². The average molecular weight is 269 g/mol. The monoisotopic (exact) mass is 269 g/mol. The highest BCUT2D eigenvalue weighted by molar-refractivity contribution is 5.01. The van der Waals surface area contributed by atoms with Crippen LogP contribution in [0, 0.1) is 11.8 Å². The lowest BCUT2D eigenvalue weighted by molar-refractivity contribution is 0.0107. The van der Waals surface area contributed by atoms with Crippen LogP contribution in [0.3, 0.4) is 0 Å². The minimum absolute atomic E-state index is 0.107. The van der Waals surface area contributed by atoms with Crippen LogP contribution in [-0.2, 0) is 4.74 Å². The molecule has 0 amide bonds. The molecule has 0 aromatic carbocycles. The van der Waals surface area contributed by atoms with E-state index in [0.29, 0.717) is 25.0 Å². The average Bonchev–Trinajstić information content (AvgIpc) is 3.19. The zero-order valence-corrected chi connectivity index (χ0v) is 11.8. The minimum atomic E-state index is -0.488. The van der Waals surface area contributed by atoms with Crippen LogP contribution in [0.1, 0.15) is 32.6 Å². The molecule has 0 aromatic heterocycles. The molecule has 0 aromatic rings. The highest BCUT2D eigenvalue weighted by Gasteiger charge is 2.41. The van der Waals surface area contributed by atoms with Crippen LogP contribution >= 0.6 is 0 Å². The highest BCUT2D eigenvalue weighted by atomic mass is 16.5. The number of nitrogens with one attached hydrogen (secondary N) is 1.